The third-order valence-corrected chi connectivity index (χ3v) is 3.38. The summed E-state index contributed by atoms with van der Waals surface area (Å²) in [6.07, 6.45) is 5.16. The highest BCUT2D eigenvalue weighted by Gasteiger charge is 2.29. The number of nitrogens with two attached hydrogens (primary N) is 1. The van der Waals surface area contributed by atoms with Gasteiger partial charge in [-0.2, -0.15) is 0 Å². The van der Waals surface area contributed by atoms with Gasteiger partial charge >= 0.3 is 0 Å². The number of rotatable bonds is 1. The predicted molar refractivity (Wildman–Crippen MR) is 54.7 cm³/mol. The summed E-state index contributed by atoms with van der Waals surface area (Å²) in [6, 6.07) is 1.12. The SMILES string of the molecule is NC1CCCC1N1CCCNCC1. The van der Waals surface area contributed by atoms with E-state index in [1.165, 1.54) is 45.3 Å². The molecule has 2 unspecified atom stereocenters. The second-order valence-corrected chi connectivity index (χ2v) is 4.30. The fourth-order valence-electron chi connectivity index (χ4n) is 2.62. The molecular formula is C10H21N3. The van der Waals surface area contributed by atoms with E-state index in [4.69, 9.17) is 5.73 Å². The van der Waals surface area contributed by atoms with Gasteiger partial charge in [0.2, 0.25) is 0 Å². The molecule has 0 bridgehead atoms. The van der Waals surface area contributed by atoms with Crippen LogP contribution in [0.2, 0.25) is 0 Å². The first-order valence-corrected chi connectivity index (χ1v) is 5.58. The van der Waals surface area contributed by atoms with Crippen LogP contribution < -0.4 is 11.1 Å². The Morgan fingerprint density at radius 3 is 2.77 bits per heavy atom. The average Bonchev–Trinajstić information content (AvgIpc) is 2.43. The Kier molecular flexibility index (Phi) is 3.19. The lowest BCUT2D eigenvalue weighted by atomic mass is 10.1. The number of hydrogen-bond acceptors (Lipinski definition) is 3. The Hall–Kier alpha value is -0.120. The zero-order chi connectivity index (χ0) is 9.10. The minimum absolute atomic E-state index is 0.443. The largest absolute Gasteiger partial charge is 0.326 e. The normalized spacial score (nSPS) is 37.6. The fourth-order valence-corrected chi connectivity index (χ4v) is 2.62. The van der Waals surface area contributed by atoms with Crippen LogP contribution in [0.15, 0.2) is 0 Å². The van der Waals surface area contributed by atoms with Crippen LogP contribution >= 0.6 is 0 Å². The second kappa shape index (κ2) is 4.40. The summed E-state index contributed by atoms with van der Waals surface area (Å²) in [6.45, 7) is 4.76. The lowest BCUT2D eigenvalue weighted by Gasteiger charge is -2.29. The molecule has 0 radical (unpaired) electrons. The molecular weight excluding hydrogens is 162 g/mol. The molecule has 1 saturated heterocycles. The van der Waals surface area contributed by atoms with Crippen molar-refractivity contribution in [3.05, 3.63) is 0 Å². The summed E-state index contributed by atoms with van der Waals surface area (Å²) in [7, 11) is 0. The maximum Gasteiger partial charge on any atom is 0.0247 e. The molecule has 0 aromatic heterocycles. The van der Waals surface area contributed by atoms with Crippen molar-refractivity contribution < 1.29 is 0 Å². The molecule has 3 heteroatoms. The van der Waals surface area contributed by atoms with Gasteiger partial charge in [0.05, 0.1) is 0 Å². The zero-order valence-corrected chi connectivity index (χ0v) is 8.34. The highest BCUT2D eigenvalue weighted by atomic mass is 15.2. The van der Waals surface area contributed by atoms with E-state index in [0.29, 0.717) is 12.1 Å². The van der Waals surface area contributed by atoms with Crippen LogP contribution in [0.3, 0.4) is 0 Å². The monoisotopic (exact) mass is 183 g/mol. The third kappa shape index (κ3) is 2.22. The Labute approximate surface area is 80.7 Å². The minimum Gasteiger partial charge on any atom is -0.326 e. The summed E-state index contributed by atoms with van der Waals surface area (Å²) < 4.78 is 0. The molecule has 1 saturated carbocycles. The van der Waals surface area contributed by atoms with Gasteiger partial charge in [0.15, 0.2) is 0 Å². The van der Waals surface area contributed by atoms with Gasteiger partial charge in [0.1, 0.15) is 0 Å². The van der Waals surface area contributed by atoms with Crippen molar-refractivity contribution in [2.45, 2.75) is 37.8 Å². The maximum atomic E-state index is 6.10. The topological polar surface area (TPSA) is 41.3 Å². The lowest BCUT2D eigenvalue weighted by Crippen LogP contribution is -2.45. The van der Waals surface area contributed by atoms with Crippen molar-refractivity contribution in [1.82, 2.24) is 10.2 Å². The van der Waals surface area contributed by atoms with Crippen molar-refractivity contribution in [2.75, 3.05) is 26.2 Å². The van der Waals surface area contributed by atoms with E-state index in [1.54, 1.807) is 0 Å². The molecule has 3 N–H and O–H groups in total. The molecule has 3 nitrogen and oxygen atoms in total. The molecule has 1 heterocycles. The van der Waals surface area contributed by atoms with E-state index in [9.17, 15) is 0 Å². The minimum atomic E-state index is 0.443. The van der Waals surface area contributed by atoms with Gasteiger partial charge in [-0.1, -0.05) is 6.42 Å². The van der Waals surface area contributed by atoms with Gasteiger partial charge in [-0.05, 0) is 32.4 Å². The van der Waals surface area contributed by atoms with Gasteiger partial charge < -0.3 is 11.1 Å². The van der Waals surface area contributed by atoms with Crippen molar-refractivity contribution in [3.8, 4) is 0 Å². The summed E-state index contributed by atoms with van der Waals surface area (Å²) in [5, 5.41) is 3.43. The summed E-state index contributed by atoms with van der Waals surface area (Å²) in [5.41, 5.74) is 6.10. The van der Waals surface area contributed by atoms with Gasteiger partial charge in [0.25, 0.3) is 0 Å². The van der Waals surface area contributed by atoms with Crippen LogP contribution in [0.4, 0.5) is 0 Å². The number of nitrogens with one attached hydrogen (secondary N) is 1. The molecule has 13 heavy (non-hydrogen) atoms. The van der Waals surface area contributed by atoms with Crippen LogP contribution in [0.5, 0.6) is 0 Å². The molecule has 0 amide bonds. The van der Waals surface area contributed by atoms with E-state index in [0.717, 1.165) is 6.54 Å². The van der Waals surface area contributed by atoms with Gasteiger partial charge in [-0.3, -0.25) is 4.90 Å². The maximum absolute atomic E-state index is 6.10. The molecule has 2 rings (SSSR count). The average molecular weight is 183 g/mol. The third-order valence-electron chi connectivity index (χ3n) is 3.38. The van der Waals surface area contributed by atoms with Crippen LogP contribution in [-0.2, 0) is 0 Å². The van der Waals surface area contributed by atoms with Crippen molar-refractivity contribution >= 4 is 0 Å². The van der Waals surface area contributed by atoms with E-state index in [1.807, 2.05) is 0 Å². The van der Waals surface area contributed by atoms with Crippen LogP contribution in [0.1, 0.15) is 25.7 Å². The molecule has 76 valence electrons. The van der Waals surface area contributed by atoms with Crippen LogP contribution in [0, 0.1) is 0 Å². The molecule has 0 aromatic carbocycles. The van der Waals surface area contributed by atoms with Crippen molar-refractivity contribution in [2.24, 2.45) is 5.73 Å². The quantitative estimate of drug-likeness (QED) is 0.608. The number of nitrogens with zero attached hydrogens (tertiary/aromatic N) is 1. The molecule has 2 atom stereocenters. The van der Waals surface area contributed by atoms with Crippen molar-refractivity contribution in [3.63, 3.8) is 0 Å². The molecule has 1 aliphatic carbocycles. The smallest absolute Gasteiger partial charge is 0.0247 e. The molecule has 2 fully saturated rings. The Balaban J connectivity index is 1.89. The van der Waals surface area contributed by atoms with Crippen LogP contribution in [0.25, 0.3) is 0 Å². The van der Waals surface area contributed by atoms with E-state index in [-0.39, 0.29) is 0 Å². The van der Waals surface area contributed by atoms with Gasteiger partial charge in [-0.15, -0.1) is 0 Å². The molecule has 0 spiro atoms. The summed E-state index contributed by atoms with van der Waals surface area (Å²) in [5.74, 6) is 0. The highest BCUT2D eigenvalue weighted by molar-refractivity contribution is 4.88. The van der Waals surface area contributed by atoms with E-state index < -0.39 is 0 Å². The Morgan fingerprint density at radius 1 is 1.08 bits per heavy atom. The van der Waals surface area contributed by atoms with E-state index in [2.05, 4.69) is 10.2 Å². The number of hydrogen-bond donors (Lipinski definition) is 2. The standard InChI is InChI=1S/C10H21N3/c11-9-3-1-4-10(9)13-7-2-5-12-6-8-13/h9-10,12H,1-8,11H2. The van der Waals surface area contributed by atoms with Crippen LogP contribution in [-0.4, -0.2) is 43.2 Å². The van der Waals surface area contributed by atoms with E-state index >= 15 is 0 Å². The Morgan fingerprint density at radius 2 is 2.00 bits per heavy atom. The summed E-state index contributed by atoms with van der Waals surface area (Å²) in [4.78, 5) is 2.59. The zero-order valence-electron chi connectivity index (χ0n) is 8.34. The first kappa shape index (κ1) is 9.44. The van der Waals surface area contributed by atoms with Gasteiger partial charge in [-0.25, -0.2) is 0 Å². The van der Waals surface area contributed by atoms with Gasteiger partial charge in [0, 0.05) is 25.2 Å². The lowest BCUT2D eigenvalue weighted by molar-refractivity contribution is 0.197. The first-order valence-electron chi connectivity index (χ1n) is 5.58. The fraction of sp³-hybridized carbons (Fsp3) is 1.00. The second-order valence-electron chi connectivity index (χ2n) is 4.30. The van der Waals surface area contributed by atoms with Crippen molar-refractivity contribution in [1.29, 1.82) is 0 Å². The molecule has 1 aliphatic heterocycles. The molecule has 0 aromatic rings. The molecule has 2 aliphatic rings. The first-order chi connectivity index (χ1) is 6.38. The Bertz CT molecular complexity index is 152. The predicted octanol–water partition coefficient (Wildman–Crippen LogP) is 0.162. The highest BCUT2D eigenvalue weighted by Crippen LogP contribution is 2.22. The summed E-state index contributed by atoms with van der Waals surface area (Å²) >= 11 is 0.